The molecule has 5 nitrogen and oxygen atoms in total. The first-order valence-electron chi connectivity index (χ1n) is 7.80. The zero-order valence-electron chi connectivity index (χ0n) is 13.1. The van der Waals surface area contributed by atoms with Crippen molar-refractivity contribution in [2.75, 3.05) is 31.2 Å². The van der Waals surface area contributed by atoms with E-state index in [2.05, 4.69) is 44.9 Å². The standard InChI is InChI=1S/C18H18N4O/c1-21-13-19-11-14(21)5-6-17-15-3-2-4-18(16(15)12-20-17)22-7-9-23-10-8-22/h2-4,11,13H,7-10,12H2,1H3. The molecule has 0 atom stereocenters. The molecule has 0 saturated carbocycles. The van der Waals surface area contributed by atoms with Crippen molar-refractivity contribution in [2.24, 2.45) is 12.0 Å². The van der Waals surface area contributed by atoms with Gasteiger partial charge >= 0.3 is 0 Å². The number of hydrogen-bond donors (Lipinski definition) is 0. The number of rotatable bonds is 1. The summed E-state index contributed by atoms with van der Waals surface area (Å²) in [6.07, 6.45) is 3.53. The van der Waals surface area contributed by atoms with Crippen LogP contribution in [0.25, 0.3) is 0 Å². The largest absolute Gasteiger partial charge is 0.378 e. The van der Waals surface area contributed by atoms with Crippen LogP contribution in [0.15, 0.2) is 35.7 Å². The molecule has 1 fully saturated rings. The number of anilines is 1. The van der Waals surface area contributed by atoms with Crippen LogP contribution in [0.3, 0.4) is 0 Å². The maximum absolute atomic E-state index is 5.45. The maximum Gasteiger partial charge on any atom is 0.116 e. The fourth-order valence-corrected chi connectivity index (χ4v) is 3.01. The lowest BCUT2D eigenvalue weighted by molar-refractivity contribution is 0.122. The average molecular weight is 306 g/mol. The highest BCUT2D eigenvalue weighted by Gasteiger charge is 2.21. The Balaban J connectivity index is 1.64. The Morgan fingerprint density at radius 3 is 2.83 bits per heavy atom. The average Bonchev–Trinajstić information content (AvgIpc) is 3.19. The number of ether oxygens (including phenoxy) is 1. The van der Waals surface area contributed by atoms with Crippen molar-refractivity contribution in [3.8, 4) is 11.8 Å². The van der Waals surface area contributed by atoms with Gasteiger partial charge in [-0.15, -0.1) is 0 Å². The third-order valence-corrected chi connectivity index (χ3v) is 4.28. The Bertz CT molecular complexity index is 819. The summed E-state index contributed by atoms with van der Waals surface area (Å²) in [5.74, 6) is 6.37. The Morgan fingerprint density at radius 1 is 1.17 bits per heavy atom. The van der Waals surface area contributed by atoms with Crippen LogP contribution in [0.4, 0.5) is 5.69 Å². The van der Waals surface area contributed by atoms with Crippen LogP contribution in [-0.2, 0) is 18.3 Å². The van der Waals surface area contributed by atoms with Gasteiger partial charge in [-0.05, 0) is 17.9 Å². The third-order valence-electron chi connectivity index (χ3n) is 4.28. The predicted molar refractivity (Wildman–Crippen MR) is 89.8 cm³/mol. The Hall–Kier alpha value is -2.58. The predicted octanol–water partition coefficient (Wildman–Crippen LogP) is 1.61. The number of aliphatic imine (C=N–C) groups is 1. The van der Waals surface area contributed by atoms with Gasteiger partial charge in [-0.2, -0.15) is 0 Å². The van der Waals surface area contributed by atoms with E-state index in [0.717, 1.165) is 43.3 Å². The number of hydrogen-bond acceptors (Lipinski definition) is 4. The third kappa shape index (κ3) is 2.62. The van der Waals surface area contributed by atoms with Gasteiger partial charge in [0.1, 0.15) is 11.4 Å². The molecule has 0 spiro atoms. The molecule has 1 saturated heterocycles. The maximum atomic E-state index is 5.45. The zero-order chi connectivity index (χ0) is 15.6. The molecule has 0 unspecified atom stereocenters. The molecule has 23 heavy (non-hydrogen) atoms. The van der Waals surface area contributed by atoms with Crippen LogP contribution in [-0.4, -0.2) is 41.6 Å². The molecule has 0 radical (unpaired) electrons. The fourth-order valence-electron chi connectivity index (χ4n) is 3.01. The van der Waals surface area contributed by atoms with Crippen molar-refractivity contribution in [3.05, 3.63) is 47.5 Å². The van der Waals surface area contributed by atoms with Gasteiger partial charge in [0.15, 0.2) is 0 Å². The van der Waals surface area contributed by atoms with E-state index < -0.39 is 0 Å². The molecule has 1 aromatic heterocycles. The minimum Gasteiger partial charge on any atom is -0.378 e. The monoisotopic (exact) mass is 306 g/mol. The summed E-state index contributed by atoms with van der Waals surface area (Å²) >= 11 is 0. The second kappa shape index (κ2) is 5.90. The summed E-state index contributed by atoms with van der Waals surface area (Å²) in [6.45, 7) is 4.16. The van der Waals surface area contributed by atoms with Crippen molar-refractivity contribution in [1.82, 2.24) is 9.55 Å². The molecule has 1 aromatic carbocycles. The van der Waals surface area contributed by atoms with Crippen molar-refractivity contribution < 1.29 is 4.74 Å². The lowest BCUT2D eigenvalue weighted by Gasteiger charge is -2.30. The van der Waals surface area contributed by atoms with Crippen LogP contribution in [0.2, 0.25) is 0 Å². The molecule has 116 valence electrons. The first-order valence-corrected chi connectivity index (χ1v) is 7.80. The van der Waals surface area contributed by atoms with Gasteiger partial charge in [-0.25, -0.2) is 4.98 Å². The normalized spacial score (nSPS) is 16.6. The van der Waals surface area contributed by atoms with E-state index in [-0.39, 0.29) is 0 Å². The van der Waals surface area contributed by atoms with Gasteiger partial charge in [0.2, 0.25) is 0 Å². The number of morpholine rings is 1. The highest BCUT2D eigenvalue weighted by atomic mass is 16.5. The SMILES string of the molecule is Cn1cncc1C#CC1=NCc2c1cccc2N1CCOCC1. The van der Waals surface area contributed by atoms with E-state index in [1.807, 2.05) is 11.6 Å². The van der Waals surface area contributed by atoms with Gasteiger partial charge in [0, 0.05) is 37.0 Å². The van der Waals surface area contributed by atoms with Gasteiger partial charge in [0.25, 0.3) is 0 Å². The number of fused-ring (bicyclic) bond motifs is 1. The number of nitrogens with zero attached hydrogens (tertiary/aromatic N) is 4. The fraction of sp³-hybridized carbons (Fsp3) is 0.333. The topological polar surface area (TPSA) is 42.7 Å². The molecule has 2 aromatic rings. The van der Waals surface area contributed by atoms with E-state index in [4.69, 9.17) is 4.74 Å². The van der Waals surface area contributed by atoms with Gasteiger partial charge < -0.3 is 14.2 Å². The van der Waals surface area contributed by atoms with Gasteiger partial charge in [0.05, 0.1) is 32.3 Å². The number of aromatic nitrogens is 2. The summed E-state index contributed by atoms with van der Waals surface area (Å²) < 4.78 is 7.36. The zero-order valence-corrected chi connectivity index (χ0v) is 13.1. The molecule has 2 aliphatic rings. The number of imidazole rings is 1. The Kier molecular flexibility index (Phi) is 3.60. The second-order valence-corrected chi connectivity index (χ2v) is 5.71. The van der Waals surface area contributed by atoms with Crippen LogP contribution < -0.4 is 4.90 Å². The van der Waals surface area contributed by atoms with Crippen molar-refractivity contribution in [2.45, 2.75) is 6.54 Å². The first kappa shape index (κ1) is 14.0. The molecule has 2 aliphatic heterocycles. The molecule has 0 bridgehead atoms. The quantitative estimate of drug-likeness (QED) is 0.752. The van der Waals surface area contributed by atoms with E-state index in [0.29, 0.717) is 6.54 Å². The van der Waals surface area contributed by atoms with Crippen LogP contribution >= 0.6 is 0 Å². The van der Waals surface area contributed by atoms with Crippen molar-refractivity contribution in [1.29, 1.82) is 0 Å². The lowest BCUT2D eigenvalue weighted by atomic mass is 10.0. The lowest BCUT2D eigenvalue weighted by Crippen LogP contribution is -2.36. The summed E-state index contributed by atoms with van der Waals surface area (Å²) in [5, 5.41) is 0. The molecular formula is C18H18N4O. The Morgan fingerprint density at radius 2 is 2.04 bits per heavy atom. The van der Waals surface area contributed by atoms with Crippen LogP contribution in [0.1, 0.15) is 16.8 Å². The number of benzene rings is 1. The van der Waals surface area contributed by atoms with Crippen LogP contribution in [0, 0.1) is 11.8 Å². The first-order chi connectivity index (χ1) is 11.3. The van der Waals surface area contributed by atoms with Crippen LogP contribution in [0.5, 0.6) is 0 Å². The highest BCUT2D eigenvalue weighted by molar-refractivity contribution is 6.16. The minimum atomic E-state index is 0.707. The minimum absolute atomic E-state index is 0.707. The molecule has 4 rings (SSSR count). The van der Waals surface area contributed by atoms with Gasteiger partial charge in [-0.3, -0.25) is 4.99 Å². The van der Waals surface area contributed by atoms with Gasteiger partial charge in [-0.1, -0.05) is 12.1 Å². The molecular weight excluding hydrogens is 288 g/mol. The molecule has 0 N–H and O–H groups in total. The van der Waals surface area contributed by atoms with Crippen molar-refractivity contribution >= 4 is 11.4 Å². The molecule has 3 heterocycles. The van der Waals surface area contributed by atoms with E-state index in [1.165, 1.54) is 11.3 Å². The summed E-state index contributed by atoms with van der Waals surface area (Å²) in [6, 6.07) is 6.39. The summed E-state index contributed by atoms with van der Waals surface area (Å²) in [7, 11) is 1.94. The van der Waals surface area contributed by atoms with E-state index in [9.17, 15) is 0 Å². The van der Waals surface area contributed by atoms with Crippen molar-refractivity contribution in [3.63, 3.8) is 0 Å². The molecule has 0 aliphatic carbocycles. The molecule has 0 amide bonds. The summed E-state index contributed by atoms with van der Waals surface area (Å²) in [5.41, 5.74) is 5.47. The Labute approximate surface area is 135 Å². The molecule has 5 heteroatoms. The summed E-state index contributed by atoms with van der Waals surface area (Å²) in [4.78, 5) is 11.1. The van der Waals surface area contributed by atoms with E-state index in [1.54, 1.807) is 12.5 Å². The smallest absolute Gasteiger partial charge is 0.116 e. The highest BCUT2D eigenvalue weighted by Crippen LogP contribution is 2.29. The number of aryl methyl sites for hydroxylation is 1. The van der Waals surface area contributed by atoms with E-state index >= 15 is 0 Å². The second-order valence-electron chi connectivity index (χ2n) is 5.71.